The van der Waals surface area contributed by atoms with Crippen LogP contribution in [0.4, 0.5) is 5.69 Å². The second kappa shape index (κ2) is 12.5. The summed E-state index contributed by atoms with van der Waals surface area (Å²) in [6.07, 6.45) is -1.64. The smallest absolute Gasteiger partial charge is 0.348 e. The molecular formula is C32H33N3O5. The number of rotatable bonds is 11. The summed E-state index contributed by atoms with van der Waals surface area (Å²) in [5.41, 5.74) is 1.24. The van der Waals surface area contributed by atoms with E-state index in [0.717, 1.165) is 0 Å². The van der Waals surface area contributed by atoms with Crippen LogP contribution in [0.2, 0.25) is 0 Å². The van der Waals surface area contributed by atoms with Crippen molar-refractivity contribution >= 4 is 17.6 Å². The zero-order valence-electron chi connectivity index (χ0n) is 23.0. The highest BCUT2D eigenvalue weighted by molar-refractivity contribution is 5.94. The quantitative estimate of drug-likeness (QED) is 0.275. The van der Waals surface area contributed by atoms with Crippen LogP contribution in [0.15, 0.2) is 97.1 Å². The fraction of sp³-hybridized carbons (Fsp3) is 0.250. The molecule has 0 bridgehead atoms. The van der Waals surface area contributed by atoms with Crippen molar-refractivity contribution < 1.29 is 24.2 Å². The highest BCUT2D eigenvalue weighted by atomic mass is 16.6. The Kier molecular flexibility index (Phi) is 8.91. The SMILES string of the molecule is Cc1cc(C)nc(OC(C(=O)O)C(OCC(=O)N(c2ccccc2)C(C)C)(c2ccccc2)c2ccccc2)n1. The van der Waals surface area contributed by atoms with E-state index in [-0.39, 0.29) is 18.0 Å². The molecule has 0 fully saturated rings. The molecule has 4 rings (SSSR count). The van der Waals surface area contributed by atoms with Crippen molar-refractivity contribution in [3.8, 4) is 6.01 Å². The summed E-state index contributed by atoms with van der Waals surface area (Å²) in [4.78, 5) is 37.0. The Labute approximate surface area is 234 Å². The van der Waals surface area contributed by atoms with E-state index in [9.17, 15) is 14.7 Å². The standard InChI is InChI=1S/C32H33N3O5/c1-22(2)35(27-18-12-7-13-19-27)28(36)21-39-32(25-14-8-5-9-15-25,26-16-10-6-11-17-26)29(30(37)38)40-31-33-23(3)20-24(4)34-31/h5-20,22,29H,21H2,1-4H3,(H,37,38). The average Bonchev–Trinajstić information content (AvgIpc) is 2.94. The summed E-state index contributed by atoms with van der Waals surface area (Å²) in [6.45, 7) is 6.95. The number of para-hydroxylation sites is 1. The van der Waals surface area contributed by atoms with Gasteiger partial charge in [0.25, 0.3) is 5.91 Å². The number of benzene rings is 3. The molecule has 0 radical (unpaired) electrons. The third kappa shape index (κ3) is 6.18. The third-order valence-corrected chi connectivity index (χ3v) is 6.43. The molecule has 0 spiro atoms. The van der Waals surface area contributed by atoms with Gasteiger partial charge in [-0.15, -0.1) is 0 Å². The number of amides is 1. The van der Waals surface area contributed by atoms with Crippen LogP contribution in [0.25, 0.3) is 0 Å². The molecule has 8 nitrogen and oxygen atoms in total. The Morgan fingerprint density at radius 2 is 1.30 bits per heavy atom. The van der Waals surface area contributed by atoms with Crippen molar-refractivity contribution in [1.82, 2.24) is 9.97 Å². The van der Waals surface area contributed by atoms with E-state index in [0.29, 0.717) is 28.2 Å². The minimum Gasteiger partial charge on any atom is -0.478 e. The molecule has 1 amide bonds. The van der Waals surface area contributed by atoms with Gasteiger partial charge in [-0.3, -0.25) is 4.79 Å². The lowest BCUT2D eigenvalue weighted by atomic mass is 9.81. The van der Waals surface area contributed by atoms with Crippen molar-refractivity contribution in [3.63, 3.8) is 0 Å². The van der Waals surface area contributed by atoms with E-state index in [2.05, 4.69) is 9.97 Å². The molecular weight excluding hydrogens is 506 g/mol. The molecule has 0 aliphatic heterocycles. The molecule has 40 heavy (non-hydrogen) atoms. The summed E-state index contributed by atoms with van der Waals surface area (Å²) in [5, 5.41) is 10.6. The van der Waals surface area contributed by atoms with Crippen LogP contribution in [0.5, 0.6) is 6.01 Å². The second-order valence-corrected chi connectivity index (χ2v) is 9.72. The first-order chi connectivity index (χ1) is 19.2. The summed E-state index contributed by atoms with van der Waals surface area (Å²) in [5.74, 6) is -1.63. The number of nitrogens with zero attached hydrogens (tertiary/aromatic N) is 3. The first-order valence-corrected chi connectivity index (χ1v) is 13.1. The summed E-state index contributed by atoms with van der Waals surface area (Å²) in [6, 6.07) is 28.6. The molecule has 0 aliphatic rings. The van der Waals surface area contributed by atoms with Crippen LogP contribution in [-0.4, -0.2) is 45.7 Å². The van der Waals surface area contributed by atoms with Gasteiger partial charge in [0.1, 0.15) is 6.61 Å². The van der Waals surface area contributed by atoms with Crippen LogP contribution < -0.4 is 9.64 Å². The second-order valence-electron chi connectivity index (χ2n) is 9.72. The molecule has 1 atom stereocenters. The summed E-state index contributed by atoms with van der Waals surface area (Å²) in [7, 11) is 0. The van der Waals surface area contributed by atoms with Gasteiger partial charge in [-0.2, -0.15) is 0 Å². The maximum Gasteiger partial charge on any atom is 0.348 e. The van der Waals surface area contributed by atoms with Gasteiger partial charge in [0.2, 0.25) is 6.10 Å². The molecule has 0 saturated carbocycles. The molecule has 0 aliphatic carbocycles. The molecule has 1 heterocycles. The molecule has 3 aromatic carbocycles. The van der Waals surface area contributed by atoms with Gasteiger partial charge in [0.15, 0.2) is 5.60 Å². The Bertz CT molecular complexity index is 1370. The third-order valence-electron chi connectivity index (χ3n) is 6.43. The molecule has 1 N–H and O–H groups in total. The topological polar surface area (TPSA) is 102 Å². The zero-order valence-corrected chi connectivity index (χ0v) is 23.0. The van der Waals surface area contributed by atoms with Crippen molar-refractivity contribution in [3.05, 3.63) is 120 Å². The molecule has 4 aromatic rings. The minimum atomic E-state index is -1.73. The van der Waals surface area contributed by atoms with E-state index in [1.54, 1.807) is 73.3 Å². The number of aromatic nitrogens is 2. The van der Waals surface area contributed by atoms with Gasteiger partial charge < -0.3 is 19.5 Å². The Morgan fingerprint density at radius 3 is 1.75 bits per heavy atom. The lowest BCUT2D eigenvalue weighted by Gasteiger charge is -2.39. The molecule has 8 heteroatoms. The van der Waals surface area contributed by atoms with Crippen molar-refractivity contribution in [2.75, 3.05) is 11.5 Å². The van der Waals surface area contributed by atoms with Gasteiger partial charge in [0.05, 0.1) is 0 Å². The van der Waals surface area contributed by atoms with E-state index in [4.69, 9.17) is 9.47 Å². The number of ether oxygens (including phenoxy) is 2. The number of aliphatic carboxylic acids is 1. The number of hydrogen-bond donors (Lipinski definition) is 1. The number of carboxylic acids is 1. The number of aryl methyl sites for hydroxylation is 2. The number of hydrogen-bond acceptors (Lipinski definition) is 6. The monoisotopic (exact) mass is 539 g/mol. The maximum atomic E-state index is 13.7. The number of anilines is 1. The first kappa shape index (κ1) is 28.4. The average molecular weight is 540 g/mol. The maximum absolute atomic E-state index is 13.7. The van der Waals surface area contributed by atoms with Gasteiger partial charge >= 0.3 is 12.0 Å². The van der Waals surface area contributed by atoms with Crippen LogP contribution in [0.3, 0.4) is 0 Å². The fourth-order valence-corrected chi connectivity index (χ4v) is 4.81. The van der Waals surface area contributed by atoms with Gasteiger partial charge in [-0.1, -0.05) is 78.9 Å². The van der Waals surface area contributed by atoms with Gasteiger partial charge in [-0.25, -0.2) is 14.8 Å². The van der Waals surface area contributed by atoms with Gasteiger partial charge in [0, 0.05) is 23.1 Å². The molecule has 1 unspecified atom stereocenters. The fourth-order valence-electron chi connectivity index (χ4n) is 4.81. The Hall–Kier alpha value is -4.56. The van der Waals surface area contributed by atoms with Crippen LogP contribution in [-0.2, 0) is 19.9 Å². The Balaban J connectivity index is 1.85. The van der Waals surface area contributed by atoms with E-state index >= 15 is 0 Å². The lowest BCUT2D eigenvalue weighted by molar-refractivity contribution is -0.166. The predicted molar refractivity (Wildman–Crippen MR) is 152 cm³/mol. The van der Waals surface area contributed by atoms with E-state index in [1.165, 1.54) is 0 Å². The minimum absolute atomic E-state index is 0.0934. The van der Waals surface area contributed by atoms with Crippen molar-refractivity contribution in [2.24, 2.45) is 0 Å². The van der Waals surface area contributed by atoms with Gasteiger partial charge in [-0.05, 0) is 57.0 Å². The predicted octanol–water partition coefficient (Wildman–Crippen LogP) is 5.33. The highest BCUT2D eigenvalue weighted by Gasteiger charge is 2.50. The molecule has 0 saturated heterocycles. The summed E-state index contributed by atoms with van der Waals surface area (Å²) >= 11 is 0. The van der Waals surface area contributed by atoms with E-state index < -0.39 is 24.3 Å². The summed E-state index contributed by atoms with van der Waals surface area (Å²) < 4.78 is 12.6. The first-order valence-electron chi connectivity index (χ1n) is 13.1. The normalized spacial score (nSPS) is 12.1. The van der Waals surface area contributed by atoms with Crippen LogP contribution in [0.1, 0.15) is 36.4 Å². The largest absolute Gasteiger partial charge is 0.478 e. The van der Waals surface area contributed by atoms with Crippen LogP contribution in [0, 0.1) is 13.8 Å². The number of carbonyl (C=O) groups excluding carboxylic acids is 1. The van der Waals surface area contributed by atoms with Crippen molar-refractivity contribution in [1.29, 1.82) is 0 Å². The number of carbonyl (C=O) groups is 2. The van der Waals surface area contributed by atoms with Crippen LogP contribution >= 0.6 is 0 Å². The molecule has 206 valence electrons. The zero-order chi connectivity index (χ0) is 28.7. The van der Waals surface area contributed by atoms with E-state index in [1.807, 2.05) is 56.3 Å². The lowest BCUT2D eigenvalue weighted by Crippen LogP contribution is -2.53. The highest BCUT2D eigenvalue weighted by Crippen LogP contribution is 2.39. The Morgan fingerprint density at radius 1 is 0.825 bits per heavy atom. The van der Waals surface area contributed by atoms with Crippen molar-refractivity contribution in [2.45, 2.75) is 45.4 Å². The number of carboxylic acid groups (broad SMARTS) is 1. The molecule has 1 aromatic heterocycles.